The second-order valence-corrected chi connectivity index (χ2v) is 9.31. The lowest BCUT2D eigenvalue weighted by Gasteiger charge is -2.06. The van der Waals surface area contributed by atoms with Gasteiger partial charge in [-0.05, 0) is 48.9 Å². The predicted octanol–water partition coefficient (Wildman–Crippen LogP) is 7.85. The number of carbonyl (C=O) groups excluding carboxylic acids is 1. The van der Waals surface area contributed by atoms with Crippen LogP contribution in [0.1, 0.15) is 27.9 Å². The van der Waals surface area contributed by atoms with Crippen LogP contribution in [-0.2, 0) is 6.54 Å². The summed E-state index contributed by atoms with van der Waals surface area (Å²) in [5.74, 6) is -0.0178. The average Bonchev–Trinajstić information content (AvgIpc) is 3.46. The summed E-state index contributed by atoms with van der Waals surface area (Å²) in [6.45, 7) is 3.08. The van der Waals surface area contributed by atoms with Gasteiger partial charge in [-0.15, -0.1) is 11.3 Å². The van der Waals surface area contributed by atoms with E-state index in [4.69, 9.17) is 4.98 Å². The third-order valence-electron chi connectivity index (χ3n) is 6.23. The van der Waals surface area contributed by atoms with Crippen LogP contribution in [-0.4, -0.2) is 15.3 Å². The SMILES string of the molecule is CCn1c2ccccc2c2cc(C=C(C(=O)c3ccccc3)c3nc4ccccc4s3)ccc21. The van der Waals surface area contributed by atoms with E-state index in [1.807, 2.05) is 60.7 Å². The Labute approximate surface area is 201 Å². The highest BCUT2D eigenvalue weighted by Crippen LogP contribution is 2.33. The molecule has 0 unspecified atom stereocenters. The second-order valence-electron chi connectivity index (χ2n) is 8.28. The molecule has 4 aromatic carbocycles. The smallest absolute Gasteiger partial charge is 0.196 e. The van der Waals surface area contributed by atoms with Crippen LogP contribution in [0, 0.1) is 0 Å². The van der Waals surface area contributed by atoms with Crippen LogP contribution in [0.2, 0.25) is 0 Å². The van der Waals surface area contributed by atoms with Gasteiger partial charge in [0.2, 0.25) is 0 Å². The topological polar surface area (TPSA) is 34.9 Å². The first-order chi connectivity index (χ1) is 16.7. The molecule has 4 heteroatoms. The summed E-state index contributed by atoms with van der Waals surface area (Å²) in [6, 6.07) is 32.4. The number of fused-ring (bicyclic) bond motifs is 4. The van der Waals surface area contributed by atoms with Crippen LogP contribution in [0.5, 0.6) is 0 Å². The number of rotatable bonds is 5. The third kappa shape index (κ3) is 3.44. The summed E-state index contributed by atoms with van der Waals surface area (Å²) < 4.78 is 3.41. The second kappa shape index (κ2) is 8.40. The highest BCUT2D eigenvalue weighted by molar-refractivity contribution is 7.20. The van der Waals surface area contributed by atoms with Crippen molar-refractivity contribution >= 4 is 60.8 Å². The van der Waals surface area contributed by atoms with E-state index in [0.29, 0.717) is 11.1 Å². The minimum atomic E-state index is -0.0178. The molecular formula is C30H22N2OS. The van der Waals surface area contributed by atoms with Crippen molar-refractivity contribution in [3.8, 4) is 0 Å². The van der Waals surface area contributed by atoms with E-state index in [-0.39, 0.29) is 5.78 Å². The number of benzene rings is 4. The number of aryl methyl sites for hydroxylation is 1. The maximum atomic E-state index is 13.6. The molecule has 3 nitrogen and oxygen atoms in total. The predicted molar refractivity (Wildman–Crippen MR) is 143 cm³/mol. The molecule has 0 saturated heterocycles. The Morgan fingerprint density at radius 2 is 1.59 bits per heavy atom. The lowest BCUT2D eigenvalue weighted by Crippen LogP contribution is -2.02. The Balaban J connectivity index is 1.56. The van der Waals surface area contributed by atoms with Gasteiger partial charge in [0.15, 0.2) is 5.78 Å². The summed E-state index contributed by atoms with van der Waals surface area (Å²) >= 11 is 1.56. The van der Waals surface area contributed by atoms with Crippen LogP contribution in [0.25, 0.3) is 43.7 Å². The zero-order valence-electron chi connectivity index (χ0n) is 18.7. The molecule has 6 aromatic rings. The Bertz CT molecular complexity index is 1670. The molecule has 0 aliphatic heterocycles. The van der Waals surface area contributed by atoms with Crippen molar-refractivity contribution in [3.05, 3.63) is 113 Å². The van der Waals surface area contributed by atoms with Crippen LogP contribution < -0.4 is 0 Å². The van der Waals surface area contributed by atoms with Gasteiger partial charge < -0.3 is 4.57 Å². The van der Waals surface area contributed by atoms with E-state index in [0.717, 1.165) is 27.3 Å². The van der Waals surface area contributed by atoms with Crippen LogP contribution in [0.3, 0.4) is 0 Å². The number of carbonyl (C=O) groups is 1. The standard InChI is InChI=1S/C30H22N2OS/c1-2-32-26-14-8-6-12-22(26)23-18-20(16-17-27(23)32)19-24(29(33)21-10-4-3-5-11-21)30-31-25-13-7-9-15-28(25)34-30/h3-19H,2H2,1H3. The normalized spacial score (nSPS) is 12.1. The van der Waals surface area contributed by atoms with Gasteiger partial charge in [0.25, 0.3) is 0 Å². The molecule has 0 bridgehead atoms. The number of hydrogen-bond donors (Lipinski definition) is 0. The maximum Gasteiger partial charge on any atom is 0.196 e. The van der Waals surface area contributed by atoms with Crippen molar-refractivity contribution in [2.75, 3.05) is 0 Å². The van der Waals surface area contributed by atoms with Gasteiger partial charge in [0.05, 0.1) is 15.8 Å². The summed E-state index contributed by atoms with van der Waals surface area (Å²) in [5.41, 5.74) is 5.62. The molecule has 34 heavy (non-hydrogen) atoms. The van der Waals surface area contributed by atoms with Gasteiger partial charge >= 0.3 is 0 Å². The molecule has 0 aliphatic carbocycles. The minimum absolute atomic E-state index is 0.0178. The third-order valence-corrected chi connectivity index (χ3v) is 7.30. The molecule has 0 atom stereocenters. The van der Waals surface area contributed by atoms with Gasteiger partial charge in [0.1, 0.15) is 5.01 Å². The first-order valence-corrected chi connectivity index (χ1v) is 12.2. The van der Waals surface area contributed by atoms with Crippen molar-refractivity contribution < 1.29 is 4.79 Å². The molecular weight excluding hydrogens is 436 g/mol. The van der Waals surface area contributed by atoms with Gasteiger partial charge in [0, 0.05) is 33.9 Å². The Hall–Kier alpha value is -4.02. The summed E-state index contributed by atoms with van der Waals surface area (Å²) in [4.78, 5) is 18.5. The van der Waals surface area contributed by atoms with Gasteiger partial charge in [-0.25, -0.2) is 4.98 Å². The molecule has 164 valence electrons. The van der Waals surface area contributed by atoms with E-state index >= 15 is 0 Å². The number of hydrogen-bond acceptors (Lipinski definition) is 3. The molecule has 0 saturated carbocycles. The monoisotopic (exact) mass is 458 g/mol. The average molecular weight is 459 g/mol. The van der Waals surface area contributed by atoms with E-state index in [2.05, 4.69) is 54.0 Å². The zero-order chi connectivity index (χ0) is 23.1. The van der Waals surface area contributed by atoms with Crippen LogP contribution >= 0.6 is 11.3 Å². The Morgan fingerprint density at radius 1 is 0.853 bits per heavy atom. The molecule has 0 radical (unpaired) electrons. The number of allylic oxidation sites excluding steroid dienone is 1. The van der Waals surface area contributed by atoms with Crippen molar-refractivity contribution in [2.45, 2.75) is 13.5 Å². The van der Waals surface area contributed by atoms with Gasteiger partial charge in [-0.1, -0.05) is 66.7 Å². The summed E-state index contributed by atoms with van der Waals surface area (Å²) in [6.07, 6.45) is 1.99. The van der Waals surface area contributed by atoms with Crippen LogP contribution in [0.4, 0.5) is 0 Å². The Kier molecular flexibility index (Phi) is 5.08. The fraction of sp³-hybridized carbons (Fsp3) is 0.0667. The van der Waals surface area contributed by atoms with E-state index in [9.17, 15) is 4.79 Å². The fourth-order valence-electron chi connectivity index (χ4n) is 4.63. The molecule has 6 rings (SSSR count). The molecule has 2 aromatic heterocycles. The largest absolute Gasteiger partial charge is 0.341 e. The van der Waals surface area contributed by atoms with Gasteiger partial charge in [-0.3, -0.25) is 4.79 Å². The number of nitrogens with zero attached hydrogens (tertiary/aromatic N) is 2. The lowest BCUT2D eigenvalue weighted by atomic mass is 10.0. The highest BCUT2D eigenvalue weighted by atomic mass is 32.1. The van der Waals surface area contributed by atoms with Crippen LogP contribution in [0.15, 0.2) is 97.1 Å². The van der Waals surface area contributed by atoms with Crippen molar-refractivity contribution in [1.82, 2.24) is 9.55 Å². The minimum Gasteiger partial charge on any atom is -0.341 e. The summed E-state index contributed by atoms with van der Waals surface area (Å²) in [7, 11) is 0. The van der Waals surface area contributed by atoms with Crippen molar-refractivity contribution in [3.63, 3.8) is 0 Å². The van der Waals surface area contributed by atoms with Crippen molar-refractivity contribution in [1.29, 1.82) is 0 Å². The van der Waals surface area contributed by atoms with E-state index in [1.165, 1.54) is 21.8 Å². The molecule has 0 aliphatic rings. The number of para-hydroxylation sites is 2. The molecule has 0 N–H and O–H groups in total. The van der Waals surface area contributed by atoms with E-state index in [1.54, 1.807) is 11.3 Å². The number of Topliss-reactive ketones (excluding diaryl/α,β-unsaturated/α-hetero) is 1. The van der Waals surface area contributed by atoms with E-state index < -0.39 is 0 Å². The van der Waals surface area contributed by atoms with Gasteiger partial charge in [-0.2, -0.15) is 0 Å². The highest BCUT2D eigenvalue weighted by Gasteiger charge is 2.19. The number of thiazole rings is 1. The molecule has 0 amide bonds. The lowest BCUT2D eigenvalue weighted by molar-refractivity contribution is 0.105. The van der Waals surface area contributed by atoms with Crippen molar-refractivity contribution in [2.24, 2.45) is 0 Å². The first kappa shape index (κ1) is 20.6. The first-order valence-electron chi connectivity index (χ1n) is 11.4. The maximum absolute atomic E-state index is 13.6. The zero-order valence-corrected chi connectivity index (χ0v) is 19.5. The number of aromatic nitrogens is 2. The number of ketones is 1. The quantitative estimate of drug-likeness (QED) is 0.195. The molecule has 0 spiro atoms. The Morgan fingerprint density at radius 3 is 2.41 bits per heavy atom. The summed E-state index contributed by atoms with van der Waals surface area (Å²) in [5, 5.41) is 3.17. The molecule has 0 fully saturated rings. The fourth-order valence-corrected chi connectivity index (χ4v) is 5.60. The molecule has 2 heterocycles.